The number of aliphatic hydroxyl groups excluding tert-OH is 1. The molecule has 5 heteroatoms. The third-order valence-corrected chi connectivity index (χ3v) is 3.30. The predicted molar refractivity (Wildman–Crippen MR) is 75.2 cm³/mol. The largest absolute Gasteiger partial charge is 0.396 e. The maximum Gasteiger partial charge on any atom is 0.269 e. The molecule has 108 valence electrons. The number of aryl methyl sites for hydroxylation is 1. The zero-order valence-electron chi connectivity index (χ0n) is 12.3. The molecule has 0 saturated carbocycles. The van der Waals surface area contributed by atoms with Gasteiger partial charge >= 0.3 is 0 Å². The van der Waals surface area contributed by atoms with Gasteiger partial charge in [-0.1, -0.05) is 20.8 Å². The van der Waals surface area contributed by atoms with Crippen molar-refractivity contribution in [2.75, 3.05) is 13.2 Å². The van der Waals surface area contributed by atoms with Gasteiger partial charge in [-0.3, -0.25) is 9.48 Å². The van der Waals surface area contributed by atoms with Gasteiger partial charge < -0.3 is 10.4 Å². The molecule has 5 nitrogen and oxygen atoms in total. The Morgan fingerprint density at radius 2 is 2.11 bits per heavy atom. The fraction of sp³-hybridized carbons (Fsp3) is 0.714. The SMILES string of the molecule is CCC(CC)n1nc(C)cc1C(=O)NCC(C)CO. The fourth-order valence-electron chi connectivity index (χ4n) is 2.02. The lowest BCUT2D eigenvalue weighted by atomic mass is 10.1. The molecule has 2 N–H and O–H groups in total. The fourth-order valence-corrected chi connectivity index (χ4v) is 2.02. The van der Waals surface area contributed by atoms with Gasteiger partial charge in [0.15, 0.2) is 0 Å². The van der Waals surface area contributed by atoms with Crippen LogP contribution in [0.2, 0.25) is 0 Å². The molecule has 0 aliphatic carbocycles. The number of nitrogens with zero attached hydrogens (tertiary/aromatic N) is 2. The van der Waals surface area contributed by atoms with E-state index in [1.54, 1.807) is 0 Å². The van der Waals surface area contributed by atoms with E-state index >= 15 is 0 Å². The van der Waals surface area contributed by atoms with E-state index in [9.17, 15) is 4.79 Å². The van der Waals surface area contributed by atoms with Crippen molar-refractivity contribution in [1.82, 2.24) is 15.1 Å². The summed E-state index contributed by atoms with van der Waals surface area (Å²) in [4.78, 5) is 12.2. The second kappa shape index (κ2) is 7.28. The lowest BCUT2D eigenvalue weighted by molar-refractivity contribution is 0.0928. The number of amides is 1. The molecule has 1 heterocycles. The number of nitrogens with one attached hydrogen (secondary N) is 1. The highest BCUT2D eigenvalue weighted by atomic mass is 16.3. The van der Waals surface area contributed by atoms with E-state index in [2.05, 4.69) is 24.3 Å². The van der Waals surface area contributed by atoms with Gasteiger partial charge in [-0.15, -0.1) is 0 Å². The molecule has 0 saturated heterocycles. The van der Waals surface area contributed by atoms with Crippen LogP contribution in [0.15, 0.2) is 6.07 Å². The van der Waals surface area contributed by atoms with E-state index in [1.807, 2.05) is 24.6 Å². The molecule has 0 radical (unpaired) electrons. The van der Waals surface area contributed by atoms with Gasteiger partial charge in [0.05, 0.1) is 11.7 Å². The summed E-state index contributed by atoms with van der Waals surface area (Å²) in [5.41, 5.74) is 1.46. The van der Waals surface area contributed by atoms with Crippen molar-refractivity contribution >= 4 is 5.91 Å². The van der Waals surface area contributed by atoms with Crippen molar-refractivity contribution < 1.29 is 9.90 Å². The number of aliphatic hydroxyl groups is 1. The van der Waals surface area contributed by atoms with Crippen LogP contribution in [0, 0.1) is 12.8 Å². The van der Waals surface area contributed by atoms with Gasteiger partial charge in [-0.2, -0.15) is 5.10 Å². The summed E-state index contributed by atoms with van der Waals surface area (Å²) in [7, 11) is 0. The van der Waals surface area contributed by atoms with Crippen molar-refractivity contribution in [2.45, 2.75) is 46.6 Å². The number of carbonyl (C=O) groups excluding carboxylic acids is 1. The highest BCUT2D eigenvalue weighted by Crippen LogP contribution is 2.18. The Morgan fingerprint density at radius 3 is 2.63 bits per heavy atom. The Morgan fingerprint density at radius 1 is 1.47 bits per heavy atom. The zero-order chi connectivity index (χ0) is 14.4. The molecule has 0 aliphatic heterocycles. The molecule has 1 aromatic heterocycles. The van der Waals surface area contributed by atoms with Crippen LogP contribution in [0.3, 0.4) is 0 Å². The van der Waals surface area contributed by atoms with Gasteiger partial charge in [-0.05, 0) is 31.7 Å². The maximum absolute atomic E-state index is 12.2. The van der Waals surface area contributed by atoms with Crippen molar-refractivity contribution in [2.24, 2.45) is 5.92 Å². The third-order valence-electron chi connectivity index (χ3n) is 3.30. The van der Waals surface area contributed by atoms with Crippen LogP contribution in [-0.4, -0.2) is 33.9 Å². The summed E-state index contributed by atoms with van der Waals surface area (Å²) in [6, 6.07) is 2.07. The number of hydrogen-bond donors (Lipinski definition) is 2. The summed E-state index contributed by atoms with van der Waals surface area (Å²) >= 11 is 0. The molecule has 1 unspecified atom stereocenters. The Bertz CT molecular complexity index is 411. The number of carbonyl (C=O) groups is 1. The Balaban J connectivity index is 2.84. The molecule has 0 fully saturated rings. The van der Waals surface area contributed by atoms with Crippen LogP contribution in [0.4, 0.5) is 0 Å². The molecule has 0 aliphatic rings. The molecule has 1 amide bonds. The second-order valence-electron chi connectivity index (χ2n) is 5.08. The monoisotopic (exact) mass is 267 g/mol. The minimum absolute atomic E-state index is 0.0644. The van der Waals surface area contributed by atoms with Crippen molar-refractivity contribution in [3.8, 4) is 0 Å². The molecular weight excluding hydrogens is 242 g/mol. The van der Waals surface area contributed by atoms with E-state index in [1.165, 1.54) is 0 Å². The molecule has 0 spiro atoms. The first-order chi connectivity index (χ1) is 9.03. The number of rotatable bonds is 7. The minimum Gasteiger partial charge on any atom is -0.396 e. The Labute approximate surface area is 115 Å². The predicted octanol–water partition coefficient (Wildman–Crippen LogP) is 1.91. The lowest BCUT2D eigenvalue weighted by Gasteiger charge is -2.17. The second-order valence-corrected chi connectivity index (χ2v) is 5.08. The topological polar surface area (TPSA) is 67.2 Å². The van der Waals surface area contributed by atoms with Gasteiger partial charge in [0.25, 0.3) is 5.91 Å². The van der Waals surface area contributed by atoms with Crippen molar-refractivity contribution in [3.63, 3.8) is 0 Å². The van der Waals surface area contributed by atoms with E-state index in [-0.39, 0.29) is 24.5 Å². The highest BCUT2D eigenvalue weighted by molar-refractivity contribution is 5.92. The average molecular weight is 267 g/mol. The van der Waals surface area contributed by atoms with E-state index in [4.69, 9.17) is 5.11 Å². The van der Waals surface area contributed by atoms with Crippen molar-refractivity contribution in [3.05, 3.63) is 17.5 Å². The van der Waals surface area contributed by atoms with E-state index < -0.39 is 0 Å². The molecular formula is C14H25N3O2. The molecule has 19 heavy (non-hydrogen) atoms. The van der Waals surface area contributed by atoms with Gasteiger partial charge in [0.1, 0.15) is 5.69 Å². The zero-order valence-corrected chi connectivity index (χ0v) is 12.3. The van der Waals surface area contributed by atoms with Crippen LogP contribution in [0.25, 0.3) is 0 Å². The van der Waals surface area contributed by atoms with Crippen LogP contribution in [-0.2, 0) is 0 Å². The first kappa shape index (κ1) is 15.7. The normalized spacial score (nSPS) is 12.7. The summed E-state index contributed by atoms with van der Waals surface area (Å²) in [6.07, 6.45) is 1.90. The lowest BCUT2D eigenvalue weighted by Crippen LogP contribution is -2.31. The summed E-state index contributed by atoms with van der Waals surface area (Å²) in [6.45, 7) is 8.53. The van der Waals surface area contributed by atoms with Crippen molar-refractivity contribution in [1.29, 1.82) is 0 Å². The van der Waals surface area contributed by atoms with Gasteiger partial charge in [0, 0.05) is 13.2 Å². The van der Waals surface area contributed by atoms with E-state index in [0.717, 1.165) is 18.5 Å². The highest BCUT2D eigenvalue weighted by Gasteiger charge is 2.18. The van der Waals surface area contributed by atoms with Crippen LogP contribution in [0.1, 0.15) is 55.8 Å². The molecule has 1 aromatic rings. The molecule has 1 rings (SSSR count). The summed E-state index contributed by atoms with van der Waals surface area (Å²) < 4.78 is 1.83. The molecule has 1 atom stereocenters. The van der Waals surface area contributed by atoms with Crippen LogP contribution < -0.4 is 5.32 Å². The molecule has 0 aromatic carbocycles. The van der Waals surface area contributed by atoms with Gasteiger partial charge in [-0.25, -0.2) is 0 Å². The van der Waals surface area contributed by atoms with Crippen LogP contribution >= 0.6 is 0 Å². The minimum atomic E-state index is -0.118. The third kappa shape index (κ3) is 4.06. The van der Waals surface area contributed by atoms with Gasteiger partial charge in [0.2, 0.25) is 0 Å². The van der Waals surface area contributed by atoms with E-state index in [0.29, 0.717) is 12.2 Å². The Hall–Kier alpha value is -1.36. The Kier molecular flexibility index (Phi) is 6.02. The number of aromatic nitrogens is 2. The first-order valence-electron chi connectivity index (χ1n) is 6.98. The standard InChI is InChI=1S/C14H25N3O2/c1-5-12(6-2)17-13(7-11(4)16-17)14(19)15-8-10(3)9-18/h7,10,12,18H,5-6,8-9H2,1-4H3,(H,15,19). The average Bonchev–Trinajstić information content (AvgIpc) is 2.79. The smallest absolute Gasteiger partial charge is 0.269 e. The number of hydrogen-bond acceptors (Lipinski definition) is 3. The maximum atomic E-state index is 12.2. The first-order valence-corrected chi connectivity index (χ1v) is 6.98. The van der Waals surface area contributed by atoms with Crippen LogP contribution in [0.5, 0.6) is 0 Å². The summed E-state index contributed by atoms with van der Waals surface area (Å²) in [5.74, 6) is -0.0534. The molecule has 0 bridgehead atoms. The summed E-state index contributed by atoms with van der Waals surface area (Å²) in [5, 5.41) is 16.2. The quantitative estimate of drug-likeness (QED) is 0.793.